The van der Waals surface area contributed by atoms with Crippen molar-refractivity contribution >= 4 is 17.3 Å². The van der Waals surface area contributed by atoms with E-state index in [1.54, 1.807) is 12.1 Å². The van der Waals surface area contributed by atoms with Crippen LogP contribution in [-0.2, 0) is 0 Å². The number of fused-ring (bicyclic) bond motifs is 1. The molecule has 1 aliphatic rings. The Morgan fingerprint density at radius 3 is 3.29 bits per heavy atom. The zero-order valence-corrected chi connectivity index (χ0v) is 8.21. The van der Waals surface area contributed by atoms with Crippen molar-refractivity contribution in [3.05, 3.63) is 23.2 Å². The minimum atomic E-state index is 0.0775. The van der Waals surface area contributed by atoms with Crippen LogP contribution in [0.2, 0.25) is 5.02 Å². The molecular weight excluding hydrogens is 200 g/mol. The fraction of sp³-hybridized carbons (Fsp3) is 0.300. The molecule has 1 aromatic carbocycles. The van der Waals surface area contributed by atoms with Gasteiger partial charge >= 0.3 is 0 Å². The Kier molecular flexibility index (Phi) is 2.47. The predicted molar refractivity (Wildman–Crippen MR) is 54.6 cm³/mol. The Morgan fingerprint density at radius 1 is 1.64 bits per heavy atom. The molecule has 1 atom stereocenters. The maximum absolute atomic E-state index is 8.54. The van der Waals surface area contributed by atoms with Crippen LogP contribution >= 0.6 is 11.6 Å². The molecular formula is C10H9ClN2O. The summed E-state index contributed by atoms with van der Waals surface area (Å²) in [5.74, 6) is 0.756. The first-order valence-electron chi connectivity index (χ1n) is 4.35. The number of ether oxygens (including phenoxy) is 1. The number of nitrogens with one attached hydrogen (secondary N) is 1. The number of hydrogen-bond donors (Lipinski definition) is 1. The first-order valence-corrected chi connectivity index (χ1v) is 4.73. The van der Waals surface area contributed by atoms with Crippen molar-refractivity contribution in [2.24, 2.45) is 0 Å². The van der Waals surface area contributed by atoms with Crippen molar-refractivity contribution in [2.75, 3.05) is 11.9 Å². The van der Waals surface area contributed by atoms with Gasteiger partial charge in [-0.1, -0.05) is 11.6 Å². The van der Waals surface area contributed by atoms with Gasteiger partial charge in [-0.15, -0.1) is 0 Å². The SMILES string of the molecule is N#CCC1COc2cc(Cl)ccc2N1. The van der Waals surface area contributed by atoms with Gasteiger partial charge in [-0.3, -0.25) is 0 Å². The quantitative estimate of drug-likeness (QED) is 0.771. The van der Waals surface area contributed by atoms with Gasteiger partial charge in [0.25, 0.3) is 0 Å². The monoisotopic (exact) mass is 208 g/mol. The van der Waals surface area contributed by atoms with E-state index in [1.165, 1.54) is 0 Å². The van der Waals surface area contributed by atoms with Gasteiger partial charge in [0.05, 0.1) is 24.2 Å². The summed E-state index contributed by atoms with van der Waals surface area (Å²) in [7, 11) is 0. The third-order valence-corrected chi connectivity index (χ3v) is 2.32. The van der Waals surface area contributed by atoms with Crippen molar-refractivity contribution in [1.29, 1.82) is 5.26 Å². The van der Waals surface area contributed by atoms with Gasteiger partial charge in [-0.25, -0.2) is 0 Å². The van der Waals surface area contributed by atoms with E-state index in [4.69, 9.17) is 21.6 Å². The molecule has 4 heteroatoms. The van der Waals surface area contributed by atoms with E-state index < -0.39 is 0 Å². The molecule has 1 heterocycles. The summed E-state index contributed by atoms with van der Waals surface area (Å²) in [6, 6.07) is 7.62. The molecule has 0 amide bonds. The third kappa shape index (κ3) is 1.75. The van der Waals surface area contributed by atoms with Crippen LogP contribution in [0.5, 0.6) is 5.75 Å². The molecule has 0 radical (unpaired) electrons. The molecule has 14 heavy (non-hydrogen) atoms. The molecule has 1 unspecified atom stereocenters. The van der Waals surface area contributed by atoms with E-state index in [0.717, 1.165) is 11.4 Å². The highest BCUT2D eigenvalue weighted by Crippen LogP contribution is 2.31. The topological polar surface area (TPSA) is 45.0 Å². The zero-order chi connectivity index (χ0) is 9.97. The standard InChI is InChI=1S/C10H9ClN2O/c11-7-1-2-9-10(5-7)14-6-8(13-9)3-4-12/h1-2,5,8,13H,3,6H2. The first kappa shape index (κ1) is 9.17. The molecule has 72 valence electrons. The molecule has 1 aromatic rings. The van der Waals surface area contributed by atoms with E-state index in [-0.39, 0.29) is 6.04 Å². The Bertz CT molecular complexity index is 386. The lowest BCUT2D eigenvalue weighted by molar-refractivity contribution is 0.286. The summed E-state index contributed by atoms with van der Waals surface area (Å²) >= 11 is 5.81. The molecule has 0 fully saturated rings. The van der Waals surface area contributed by atoms with E-state index in [9.17, 15) is 0 Å². The van der Waals surface area contributed by atoms with Crippen LogP contribution in [0.25, 0.3) is 0 Å². The molecule has 1 aliphatic heterocycles. The summed E-state index contributed by atoms with van der Waals surface area (Å²) < 4.78 is 5.47. The minimum absolute atomic E-state index is 0.0775. The summed E-state index contributed by atoms with van der Waals surface area (Å²) in [5.41, 5.74) is 0.904. The van der Waals surface area contributed by atoms with Gasteiger partial charge in [0.2, 0.25) is 0 Å². The fourth-order valence-corrected chi connectivity index (χ4v) is 1.57. The van der Waals surface area contributed by atoms with Crippen LogP contribution in [0.15, 0.2) is 18.2 Å². The molecule has 3 nitrogen and oxygen atoms in total. The Hall–Kier alpha value is -1.40. The molecule has 0 aromatic heterocycles. The van der Waals surface area contributed by atoms with Crippen LogP contribution in [0.1, 0.15) is 6.42 Å². The van der Waals surface area contributed by atoms with Gasteiger partial charge in [0, 0.05) is 11.1 Å². The van der Waals surface area contributed by atoms with E-state index in [0.29, 0.717) is 18.1 Å². The van der Waals surface area contributed by atoms with Crippen LogP contribution < -0.4 is 10.1 Å². The lowest BCUT2D eigenvalue weighted by Gasteiger charge is -2.25. The summed E-state index contributed by atoms with van der Waals surface area (Å²) in [6.45, 7) is 0.515. The van der Waals surface area contributed by atoms with Crippen LogP contribution in [0.3, 0.4) is 0 Å². The largest absolute Gasteiger partial charge is 0.489 e. The number of nitrogens with zero attached hydrogens (tertiary/aromatic N) is 1. The lowest BCUT2D eigenvalue weighted by atomic mass is 10.1. The molecule has 0 saturated heterocycles. The Labute approximate surface area is 87.2 Å². The van der Waals surface area contributed by atoms with Gasteiger partial charge in [-0.05, 0) is 12.1 Å². The first-order chi connectivity index (χ1) is 6.79. The summed E-state index contributed by atoms with van der Waals surface area (Å²) in [6.07, 6.45) is 0.446. The third-order valence-electron chi connectivity index (χ3n) is 2.08. The summed E-state index contributed by atoms with van der Waals surface area (Å²) in [4.78, 5) is 0. The minimum Gasteiger partial charge on any atom is -0.489 e. The van der Waals surface area contributed by atoms with Crippen molar-refractivity contribution in [3.63, 3.8) is 0 Å². The highest BCUT2D eigenvalue weighted by molar-refractivity contribution is 6.30. The Balaban J connectivity index is 2.20. The van der Waals surface area contributed by atoms with Crippen molar-refractivity contribution < 1.29 is 4.74 Å². The highest BCUT2D eigenvalue weighted by Gasteiger charge is 2.18. The second-order valence-corrected chi connectivity index (χ2v) is 3.59. The lowest BCUT2D eigenvalue weighted by Crippen LogP contribution is -2.30. The smallest absolute Gasteiger partial charge is 0.143 e. The normalized spacial score (nSPS) is 18.7. The van der Waals surface area contributed by atoms with Crippen molar-refractivity contribution in [2.45, 2.75) is 12.5 Å². The number of anilines is 1. The number of rotatable bonds is 1. The Morgan fingerprint density at radius 2 is 2.50 bits per heavy atom. The highest BCUT2D eigenvalue weighted by atomic mass is 35.5. The second kappa shape index (κ2) is 3.77. The van der Waals surface area contributed by atoms with E-state index in [2.05, 4.69) is 11.4 Å². The van der Waals surface area contributed by atoms with Crippen LogP contribution in [0.4, 0.5) is 5.69 Å². The van der Waals surface area contributed by atoms with E-state index in [1.807, 2.05) is 6.07 Å². The molecule has 0 saturated carbocycles. The van der Waals surface area contributed by atoms with Gasteiger partial charge in [0.1, 0.15) is 12.4 Å². The maximum Gasteiger partial charge on any atom is 0.143 e. The fourth-order valence-electron chi connectivity index (χ4n) is 1.41. The number of nitriles is 1. The van der Waals surface area contributed by atoms with Crippen LogP contribution in [-0.4, -0.2) is 12.6 Å². The zero-order valence-electron chi connectivity index (χ0n) is 7.46. The van der Waals surface area contributed by atoms with E-state index >= 15 is 0 Å². The molecule has 1 N–H and O–H groups in total. The van der Waals surface area contributed by atoms with Crippen molar-refractivity contribution in [3.8, 4) is 11.8 Å². The average Bonchev–Trinajstić information content (AvgIpc) is 2.19. The molecule has 2 rings (SSSR count). The maximum atomic E-state index is 8.54. The molecule has 0 aliphatic carbocycles. The second-order valence-electron chi connectivity index (χ2n) is 3.15. The molecule has 0 spiro atoms. The van der Waals surface area contributed by atoms with Crippen LogP contribution in [0, 0.1) is 11.3 Å². The van der Waals surface area contributed by atoms with Crippen molar-refractivity contribution in [1.82, 2.24) is 0 Å². The number of benzene rings is 1. The summed E-state index contributed by atoms with van der Waals surface area (Å²) in [5, 5.41) is 12.4. The average molecular weight is 209 g/mol. The number of halogens is 1. The van der Waals surface area contributed by atoms with Gasteiger partial charge < -0.3 is 10.1 Å². The predicted octanol–water partition coefficient (Wildman–Crippen LogP) is 2.43. The molecule has 0 bridgehead atoms. The number of hydrogen-bond acceptors (Lipinski definition) is 3. The van der Waals surface area contributed by atoms with Gasteiger partial charge in [0.15, 0.2) is 0 Å². The van der Waals surface area contributed by atoms with Gasteiger partial charge in [-0.2, -0.15) is 5.26 Å².